The van der Waals surface area contributed by atoms with Gasteiger partial charge in [-0.2, -0.15) is 0 Å². The standard InChI is InChI=1S/C8H9ClN2O3/c9-5-6(8(12)13)10-11-7(5)14-3-4-1-2-4/h4H,1-3H2,(H,10,11)(H,12,13). The highest BCUT2D eigenvalue weighted by Crippen LogP contribution is 2.31. The maximum atomic E-state index is 10.6. The highest BCUT2D eigenvalue weighted by molar-refractivity contribution is 6.34. The van der Waals surface area contributed by atoms with E-state index in [1.54, 1.807) is 0 Å². The molecule has 2 rings (SSSR count). The molecule has 1 aliphatic rings. The maximum absolute atomic E-state index is 10.6. The molecular weight excluding hydrogens is 208 g/mol. The number of carboxylic acids is 1. The van der Waals surface area contributed by atoms with Crippen molar-refractivity contribution in [3.8, 4) is 5.88 Å². The van der Waals surface area contributed by atoms with Crippen molar-refractivity contribution in [1.82, 2.24) is 10.2 Å². The van der Waals surface area contributed by atoms with Crippen LogP contribution in [0, 0.1) is 5.92 Å². The molecule has 1 aliphatic carbocycles. The number of nitrogens with zero attached hydrogens (tertiary/aromatic N) is 1. The summed E-state index contributed by atoms with van der Waals surface area (Å²) in [6.07, 6.45) is 2.32. The van der Waals surface area contributed by atoms with Crippen LogP contribution in [0.25, 0.3) is 0 Å². The molecule has 6 heteroatoms. The fourth-order valence-electron chi connectivity index (χ4n) is 1.03. The van der Waals surface area contributed by atoms with E-state index < -0.39 is 5.97 Å². The molecule has 1 aromatic rings. The Morgan fingerprint density at radius 1 is 1.71 bits per heavy atom. The smallest absolute Gasteiger partial charge is 0.355 e. The van der Waals surface area contributed by atoms with Gasteiger partial charge in [-0.15, -0.1) is 5.10 Å². The lowest BCUT2D eigenvalue weighted by atomic mass is 10.4. The van der Waals surface area contributed by atoms with E-state index in [9.17, 15) is 4.79 Å². The summed E-state index contributed by atoms with van der Waals surface area (Å²) in [5, 5.41) is 14.7. The molecule has 1 aromatic heterocycles. The van der Waals surface area contributed by atoms with Gasteiger partial charge in [0, 0.05) is 0 Å². The third-order valence-corrected chi connectivity index (χ3v) is 2.39. The number of hydrogen-bond donors (Lipinski definition) is 2. The van der Waals surface area contributed by atoms with Gasteiger partial charge in [0.05, 0.1) is 6.61 Å². The highest BCUT2D eigenvalue weighted by atomic mass is 35.5. The number of H-pyrrole nitrogens is 1. The van der Waals surface area contributed by atoms with Gasteiger partial charge in [-0.25, -0.2) is 4.79 Å². The Labute approximate surface area is 85.0 Å². The quantitative estimate of drug-likeness (QED) is 0.801. The number of rotatable bonds is 4. The van der Waals surface area contributed by atoms with E-state index >= 15 is 0 Å². The summed E-state index contributed by atoms with van der Waals surface area (Å²) in [7, 11) is 0. The van der Waals surface area contributed by atoms with Crippen LogP contribution in [0.15, 0.2) is 0 Å². The van der Waals surface area contributed by atoms with Crippen LogP contribution in [0.3, 0.4) is 0 Å². The molecule has 0 aromatic carbocycles. The molecule has 0 radical (unpaired) electrons. The van der Waals surface area contributed by atoms with Crippen LogP contribution < -0.4 is 4.74 Å². The first-order valence-electron chi connectivity index (χ1n) is 4.28. The number of halogens is 1. The van der Waals surface area contributed by atoms with E-state index in [2.05, 4.69) is 10.2 Å². The first kappa shape index (κ1) is 9.33. The van der Waals surface area contributed by atoms with E-state index in [1.807, 2.05) is 0 Å². The molecule has 1 heterocycles. The summed E-state index contributed by atoms with van der Waals surface area (Å²) < 4.78 is 5.25. The molecule has 1 saturated carbocycles. The van der Waals surface area contributed by atoms with Gasteiger partial charge in [-0.3, -0.25) is 5.10 Å². The van der Waals surface area contributed by atoms with Gasteiger partial charge in [-0.05, 0) is 18.8 Å². The molecule has 0 amide bonds. The summed E-state index contributed by atoms with van der Waals surface area (Å²) in [5.41, 5.74) is -0.127. The van der Waals surface area contributed by atoms with Crippen LogP contribution in [-0.4, -0.2) is 27.9 Å². The summed E-state index contributed by atoms with van der Waals surface area (Å²) in [5.74, 6) is -0.379. The predicted octanol–water partition coefficient (Wildman–Crippen LogP) is 1.55. The van der Waals surface area contributed by atoms with Crippen molar-refractivity contribution in [3.63, 3.8) is 0 Å². The zero-order valence-electron chi connectivity index (χ0n) is 7.29. The van der Waals surface area contributed by atoms with Crippen molar-refractivity contribution < 1.29 is 14.6 Å². The second-order valence-electron chi connectivity index (χ2n) is 3.28. The van der Waals surface area contributed by atoms with Crippen LogP contribution in [0.5, 0.6) is 5.88 Å². The first-order chi connectivity index (χ1) is 6.68. The normalized spacial score (nSPS) is 15.5. The maximum Gasteiger partial charge on any atom is 0.355 e. The molecule has 0 spiro atoms. The predicted molar refractivity (Wildman–Crippen MR) is 48.8 cm³/mol. The van der Waals surface area contributed by atoms with Gasteiger partial charge < -0.3 is 9.84 Å². The molecule has 14 heavy (non-hydrogen) atoms. The number of aromatic amines is 1. The molecule has 0 saturated heterocycles. The third-order valence-electron chi connectivity index (χ3n) is 2.04. The Bertz CT molecular complexity index is 359. The van der Waals surface area contributed by atoms with Crippen LogP contribution in [0.2, 0.25) is 5.02 Å². The zero-order valence-corrected chi connectivity index (χ0v) is 8.04. The number of carbonyl (C=O) groups is 1. The topological polar surface area (TPSA) is 75.2 Å². The molecular formula is C8H9ClN2O3. The Morgan fingerprint density at radius 3 is 2.93 bits per heavy atom. The largest absolute Gasteiger partial charge is 0.476 e. The number of aromatic carboxylic acids is 1. The van der Waals surface area contributed by atoms with Gasteiger partial charge in [-0.1, -0.05) is 11.6 Å². The van der Waals surface area contributed by atoms with Crippen LogP contribution >= 0.6 is 11.6 Å². The van der Waals surface area contributed by atoms with Crippen molar-refractivity contribution in [2.24, 2.45) is 5.92 Å². The fourth-order valence-corrected chi connectivity index (χ4v) is 1.25. The SMILES string of the molecule is O=C(O)c1[nH]nc(OCC2CC2)c1Cl. The van der Waals surface area contributed by atoms with Crippen molar-refractivity contribution in [3.05, 3.63) is 10.7 Å². The minimum absolute atomic E-state index is 0.0400. The van der Waals surface area contributed by atoms with E-state index in [4.69, 9.17) is 21.4 Å². The number of hydrogen-bond acceptors (Lipinski definition) is 3. The molecule has 0 aliphatic heterocycles. The Morgan fingerprint density at radius 2 is 2.43 bits per heavy atom. The van der Waals surface area contributed by atoms with Crippen molar-refractivity contribution in [1.29, 1.82) is 0 Å². The zero-order chi connectivity index (χ0) is 10.1. The van der Waals surface area contributed by atoms with Gasteiger partial charge in [0.25, 0.3) is 5.88 Å². The summed E-state index contributed by atoms with van der Waals surface area (Å²) in [4.78, 5) is 10.6. The summed E-state index contributed by atoms with van der Waals surface area (Å²) >= 11 is 5.72. The lowest BCUT2D eigenvalue weighted by Gasteiger charge is -1.99. The van der Waals surface area contributed by atoms with Crippen LogP contribution in [0.4, 0.5) is 0 Å². The second-order valence-corrected chi connectivity index (χ2v) is 3.66. The Hall–Kier alpha value is -1.23. The van der Waals surface area contributed by atoms with Crippen molar-refractivity contribution in [2.45, 2.75) is 12.8 Å². The van der Waals surface area contributed by atoms with E-state index in [0.29, 0.717) is 12.5 Å². The molecule has 76 valence electrons. The molecule has 5 nitrogen and oxygen atoms in total. The minimum atomic E-state index is -1.14. The van der Waals surface area contributed by atoms with Crippen LogP contribution in [-0.2, 0) is 0 Å². The van der Waals surface area contributed by atoms with Crippen molar-refractivity contribution >= 4 is 17.6 Å². The average Bonchev–Trinajstić information content (AvgIpc) is 2.87. The monoisotopic (exact) mass is 216 g/mol. The number of ether oxygens (including phenoxy) is 1. The minimum Gasteiger partial charge on any atom is -0.476 e. The second kappa shape index (κ2) is 3.49. The molecule has 1 fully saturated rings. The summed E-state index contributed by atoms with van der Waals surface area (Å²) in [6.45, 7) is 0.559. The number of aromatic nitrogens is 2. The van der Waals surface area contributed by atoms with Crippen LogP contribution in [0.1, 0.15) is 23.3 Å². The molecule has 2 N–H and O–H groups in total. The van der Waals surface area contributed by atoms with E-state index in [0.717, 1.165) is 12.8 Å². The van der Waals surface area contributed by atoms with Gasteiger partial charge in [0.15, 0.2) is 5.69 Å². The van der Waals surface area contributed by atoms with Crippen molar-refractivity contribution in [2.75, 3.05) is 6.61 Å². The Kier molecular flexibility index (Phi) is 2.33. The average molecular weight is 217 g/mol. The Balaban J connectivity index is 2.05. The van der Waals surface area contributed by atoms with Gasteiger partial charge >= 0.3 is 5.97 Å². The highest BCUT2D eigenvalue weighted by Gasteiger charge is 2.24. The third kappa shape index (κ3) is 1.82. The van der Waals surface area contributed by atoms with Gasteiger partial charge in [0.1, 0.15) is 5.02 Å². The lowest BCUT2D eigenvalue weighted by Crippen LogP contribution is -2.00. The van der Waals surface area contributed by atoms with Gasteiger partial charge in [0.2, 0.25) is 0 Å². The van der Waals surface area contributed by atoms with E-state index in [-0.39, 0.29) is 16.6 Å². The molecule has 0 bridgehead atoms. The number of nitrogens with one attached hydrogen (secondary N) is 1. The fraction of sp³-hybridized carbons (Fsp3) is 0.500. The lowest BCUT2D eigenvalue weighted by molar-refractivity contribution is 0.0690. The number of carboxylic acid groups (broad SMARTS) is 1. The summed E-state index contributed by atoms with van der Waals surface area (Å²) in [6, 6.07) is 0. The van der Waals surface area contributed by atoms with E-state index in [1.165, 1.54) is 0 Å². The molecule has 0 atom stereocenters. The molecule has 0 unspecified atom stereocenters. The first-order valence-corrected chi connectivity index (χ1v) is 4.66.